The van der Waals surface area contributed by atoms with Gasteiger partial charge in [0, 0.05) is 25.5 Å². The number of likely N-dealkylation sites (N-methyl/N-ethyl adjacent to an activating group) is 1. The van der Waals surface area contributed by atoms with Crippen LogP contribution in [-0.4, -0.2) is 46.6 Å². The van der Waals surface area contributed by atoms with Gasteiger partial charge in [-0.1, -0.05) is 0 Å². The van der Waals surface area contributed by atoms with Crippen molar-refractivity contribution in [3.05, 3.63) is 18.5 Å². The SMILES string of the molecule is CN(CC(=O)N[C@H]1CC[C@@H](C(=O)O)C1)c1ncccn1. The second-order valence-electron chi connectivity index (χ2n) is 5.02. The van der Waals surface area contributed by atoms with Crippen LogP contribution in [0, 0.1) is 5.92 Å². The lowest BCUT2D eigenvalue weighted by atomic mass is 10.1. The fraction of sp³-hybridized carbons (Fsp3) is 0.538. The average Bonchev–Trinajstić information content (AvgIpc) is 2.88. The number of carboxylic acid groups (broad SMARTS) is 1. The van der Waals surface area contributed by atoms with Gasteiger partial charge in [0.15, 0.2) is 0 Å². The predicted octanol–water partition coefficient (Wildman–Crippen LogP) is 0.282. The normalized spacial score (nSPS) is 21.4. The third kappa shape index (κ3) is 3.66. The minimum Gasteiger partial charge on any atom is -0.481 e. The van der Waals surface area contributed by atoms with Crippen molar-refractivity contribution in [1.82, 2.24) is 15.3 Å². The quantitative estimate of drug-likeness (QED) is 0.803. The fourth-order valence-electron chi connectivity index (χ4n) is 2.38. The molecule has 2 atom stereocenters. The zero-order valence-corrected chi connectivity index (χ0v) is 11.3. The summed E-state index contributed by atoms with van der Waals surface area (Å²) in [5, 5.41) is 11.8. The lowest BCUT2D eigenvalue weighted by Crippen LogP contribution is -2.40. The smallest absolute Gasteiger partial charge is 0.306 e. The first kappa shape index (κ1) is 14.2. The van der Waals surface area contributed by atoms with E-state index in [2.05, 4.69) is 15.3 Å². The van der Waals surface area contributed by atoms with Crippen molar-refractivity contribution in [2.24, 2.45) is 5.92 Å². The molecule has 0 spiro atoms. The number of hydrogen-bond donors (Lipinski definition) is 2. The molecular weight excluding hydrogens is 260 g/mol. The third-order valence-corrected chi connectivity index (χ3v) is 3.42. The van der Waals surface area contributed by atoms with Crippen LogP contribution in [0.15, 0.2) is 18.5 Å². The molecule has 0 radical (unpaired) electrons. The highest BCUT2D eigenvalue weighted by Gasteiger charge is 2.30. The molecule has 1 aromatic heterocycles. The maximum Gasteiger partial charge on any atom is 0.306 e. The van der Waals surface area contributed by atoms with Crippen molar-refractivity contribution in [3.63, 3.8) is 0 Å². The van der Waals surface area contributed by atoms with Crippen LogP contribution in [0.1, 0.15) is 19.3 Å². The van der Waals surface area contributed by atoms with Crippen LogP contribution in [0.3, 0.4) is 0 Å². The van der Waals surface area contributed by atoms with Crippen LogP contribution >= 0.6 is 0 Å². The lowest BCUT2D eigenvalue weighted by molar-refractivity contribution is -0.141. The van der Waals surface area contributed by atoms with Crippen LogP contribution < -0.4 is 10.2 Å². The van der Waals surface area contributed by atoms with Crippen LogP contribution in [0.2, 0.25) is 0 Å². The molecule has 1 aliphatic rings. The molecule has 1 aromatic rings. The second kappa shape index (κ2) is 6.31. The minimum atomic E-state index is -0.781. The van der Waals surface area contributed by atoms with Crippen LogP contribution in [0.5, 0.6) is 0 Å². The Morgan fingerprint density at radius 3 is 2.70 bits per heavy atom. The molecule has 7 nitrogen and oxygen atoms in total. The third-order valence-electron chi connectivity index (χ3n) is 3.42. The van der Waals surface area contributed by atoms with Gasteiger partial charge in [-0.05, 0) is 25.3 Å². The number of carbonyl (C=O) groups is 2. The summed E-state index contributed by atoms with van der Waals surface area (Å²) in [7, 11) is 1.74. The Kier molecular flexibility index (Phi) is 4.49. The summed E-state index contributed by atoms with van der Waals surface area (Å²) in [4.78, 5) is 32.5. The highest BCUT2D eigenvalue weighted by molar-refractivity contribution is 5.81. The fourth-order valence-corrected chi connectivity index (χ4v) is 2.38. The van der Waals surface area contributed by atoms with E-state index in [1.807, 2.05) is 0 Å². The Morgan fingerprint density at radius 1 is 1.40 bits per heavy atom. The summed E-state index contributed by atoms with van der Waals surface area (Å²) in [5.41, 5.74) is 0. The van der Waals surface area contributed by atoms with Gasteiger partial charge in [-0.2, -0.15) is 0 Å². The Morgan fingerprint density at radius 2 is 2.10 bits per heavy atom. The number of aromatic nitrogens is 2. The molecule has 0 aliphatic heterocycles. The van der Waals surface area contributed by atoms with E-state index in [9.17, 15) is 9.59 Å². The Balaban J connectivity index is 1.80. The van der Waals surface area contributed by atoms with Gasteiger partial charge in [0.05, 0.1) is 12.5 Å². The van der Waals surface area contributed by atoms with Crippen molar-refractivity contribution < 1.29 is 14.7 Å². The standard InChI is InChI=1S/C13H18N4O3/c1-17(13-14-5-2-6-15-13)8-11(18)16-10-4-3-9(7-10)12(19)20/h2,5-6,9-10H,3-4,7-8H2,1H3,(H,16,18)(H,19,20)/t9-,10+/m1/s1. The molecule has 1 fully saturated rings. The topological polar surface area (TPSA) is 95.4 Å². The van der Waals surface area contributed by atoms with Crippen LogP contribution in [-0.2, 0) is 9.59 Å². The number of nitrogens with one attached hydrogen (secondary N) is 1. The lowest BCUT2D eigenvalue weighted by Gasteiger charge is -2.18. The first-order chi connectivity index (χ1) is 9.56. The summed E-state index contributed by atoms with van der Waals surface area (Å²) in [6.07, 6.45) is 5.08. The molecule has 2 rings (SSSR count). The van der Waals surface area contributed by atoms with Crippen LogP contribution in [0.4, 0.5) is 5.95 Å². The highest BCUT2D eigenvalue weighted by atomic mass is 16.4. The summed E-state index contributed by atoms with van der Waals surface area (Å²) in [5.74, 6) is -0.777. The Labute approximate surface area is 117 Å². The number of carbonyl (C=O) groups excluding carboxylic acids is 1. The number of nitrogens with zero attached hydrogens (tertiary/aromatic N) is 3. The first-order valence-electron chi connectivity index (χ1n) is 6.56. The number of carboxylic acids is 1. The maximum atomic E-state index is 11.9. The van der Waals surface area contributed by atoms with E-state index >= 15 is 0 Å². The minimum absolute atomic E-state index is 0.0475. The molecule has 20 heavy (non-hydrogen) atoms. The van der Waals surface area contributed by atoms with E-state index in [0.717, 1.165) is 0 Å². The summed E-state index contributed by atoms with van der Waals surface area (Å²) in [6, 6.07) is 1.66. The molecule has 1 saturated carbocycles. The van der Waals surface area contributed by atoms with Gasteiger partial charge in [-0.15, -0.1) is 0 Å². The largest absolute Gasteiger partial charge is 0.481 e. The van der Waals surface area contributed by atoms with Gasteiger partial charge in [0.1, 0.15) is 0 Å². The van der Waals surface area contributed by atoms with Gasteiger partial charge >= 0.3 is 5.97 Å². The van der Waals surface area contributed by atoms with E-state index in [-0.39, 0.29) is 24.4 Å². The van der Waals surface area contributed by atoms with Gasteiger partial charge in [-0.3, -0.25) is 9.59 Å². The molecule has 108 valence electrons. The number of rotatable bonds is 5. The first-order valence-corrected chi connectivity index (χ1v) is 6.56. The van der Waals surface area contributed by atoms with Crippen molar-refractivity contribution in [3.8, 4) is 0 Å². The highest BCUT2D eigenvalue weighted by Crippen LogP contribution is 2.25. The Bertz CT molecular complexity index is 480. The van der Waals surface area contributed by atoms with E-state index < -0.39 is 5.97 Å². The molecule has 1 aliphatic carbocycles. The van der Waals surface area contributed by atoms with E-state index in [1.165, 1.54) is 0 Å². The molecular formula is C13H18N4O3. The molecule has 0 unspecified atom stereocenters. The number of hydrogen-bond acceptors (Lipinski definition) is 5. The van der Waals surface area contributed by atoms with E-state index in [4.69, 9.17) is 5.11 Å². The number of amides is 1. The molecule has 1 amide bonds. The monoisotopic (exact) mass is 278 g/mol. The second-order valence-corrected chi connectivity index (χ2v) is 5.02. The van der Waals surface area contributed by atoms with E-state index in [1.54, 1.807) is 30.4 Å². The summed E-state index contributed by atoms with van der Waals surface area (Å²) >= 11 is 0. The number of anilines is 1. The van der Waals surface area contributed by atoms with Crippen LogP contribution in [0.25, 0.3) is 0 Å². The summed E-state index contributed by atoms with van der Waals surface area (Å²) in [6.45, 7) is 0.151. The van der Waals surface area contributed by atoms with Gasteiger partial charge in [0.2, 0.25) is 11.9 Å². The van der Waals surface area contributed by atoms with E-state index in [0.29, 0.717) is 25.2 Å². The summed E-state index contributed by atoms with van der Waals surface area (Å²) < 4.78 is 0. The van der Waals surface area contributed by atoms with Crippen molar-refractivity contribution in [2.45, 2.75) is 25.3 Å². The zero-order valence-electron chi connectivity index (χ0n) is 11.3. The van der Waals surface area contributed by atoms with Gasteiger partial charge in [0.25, 0.3) is 0 Å². The maximum absolute atomic E-state index is 11.9. The van der Waals surface area contributed by atoms with Crippen molar-refractivity contribution in [1.29, 1.82) is 0 Å². The van der Waals surface area contributed by atoms with Crippen molar-refractivity contribution in [2.75, 3.05) is 18.5 Å². The van der Waals surface area contributed by atoms with Gasteiger partial charge in [-0.25, -0.2) is 9.97 Å². The molecule has 2 N–H and O–H groups in total. The number of aliphatic carboxylic acids is 1. The van der Waals surface area contributed by atoms with Crippen molar-refractivity contribution >= 4 is 17.8 Å². The molecule has 0 bridgehead atoms. The molecule has 7 heteroatoms. The molecule has 0 aromatic carbocycles. The Hall–Kier alpha value is -2.18. The zero-order chi connectivity index (χ0) is 14.5. The average molecular weight is 278 g/mol. The molecule has 0 saturated heterocycles. The molecule has 1 heterocycles. The predicted molar refractivity (Wildman–Crippen MR) is 72.2 cm³/mol. The van der Waals surface area contributed by atoms with Gasteiger partial charge < -0.3 is 15.3 Å².